The first-order valence-electron chi connectivity index (χ1n) is 5.94. The van der Waals surface area contributed by atoms with Gasteiger partial charge in [0.05, 0.1) is 11.3 Å². The monoisotopic (exact) mass is 330 g/mol. The van der Waals surface area contributed by atoms with Crippen LogP contribution in [0.25, 0.3) is 22.8 Å². The van der Waals surface area contributed by atoms with E-state index in [9.17, 15) is 0 Å². The second kappa shape index (κ2) is 5.05. The minimum absolute atomic E-state index is 0.400. The molecular formula is C14H11BrN4O. The van der Waals surface area contributed by atoms with Gasteiger partial charge in [0, 0.05) is 22.4 Å². The van der Waals surface area contributed by atoms with Crippen molar-refractivity contribution in [2.45, 2.75) is 6.92 Å². The van der Waals surface area contributed by atoms with Crippen molar-refractivity contribution in [3.63, 3.8) is 0 Å². The average Bonchev–Trinajstić information content (AvgIpc) is 2.92. The van der Waals surface area contributed by atoms with Crippen molar-refractivity contribution in [2.24, 2.45) is 0 Å². The standard InChI is InChI=1S/C14H11BrN4O/c1-8-2-3-9(5-12(8)15)13-18-14(20-19-13)10-4-11(16)7-17-6-10/h2-7H,16H2,1H3. The fourth-order valence-corrected chi connectivity index (χ4v) is 2.14. The molecule has 5 nitrogen and oxygen atoms in total. The van der Waals surface area contributed by atoms with Gasteiger partial charge in [0.15, 0.2) is 0 Å². The lowest BCUT2D eigenvalue weighted by Crippen LogP contribution is -1.88. The lowest BCUT2D eigenvalue weighted by atomic mass is 10.1. The maximum absolute atomic E-state index is 5.69. The molecule has 0 saturated carbocycles. The smallest absolute Gasteiger partial charge is 0.259 e. The van der Waals surface area contributed by atoms with Gasteiger partial charge in [-0.05, 0) is 24.6 Å². The number of aryl methyl sites for hydroxylation is 1. The molecule has 0 fully saturated rings. The van der Waals surface area contributed by atoms with Crippen LogP contribution < -0.4 is 5.73 Å². The highest BCUT2D eigenvalue weighted by atomic mass is 79.9. The fraction of sp³-hybridized carbons (Fsp3) is 0.0714. The Bertz CT molecular complexity index is 769. The molecule has 0 spiro atoms. The highest BCUT2D eigenvalue weighted by molar-refractivity contribution is 9.10. The predicted molar refractivity (Wildman–Crippen MR) is 79.8 cm³/mol. The molecule has 0 radical (unpaired) electrons. The molecule has 2 heterocycles. The third kappa shape index (κ3) is 2.42. The second-order valence-corrected chi connectivity index (χ2v) is 5.25. The molecule has 100 valence electrons. The van der Waals surface area contributed by atoms with E-state index in [1.54, 1.807) is 18.5 Å². The number of nitrogen functional groups attached to an aromatic ring is 1. The molecular weight excluding hydrogens is 320 g/mol. The molecule has 2 aromatic heterocycles. The van der Waals surface area contributed by atoms with Crippen LogP contribution in [0.3, 0.4) is 0 Å². The van der Waals surface area contributed by atoms with E-state index in [4.69, 9.17) is 10.3 Å². The van der Waals surface area contributed by atoms with Crippen LogP contribution in [0.4, 0.5) is 5.69 Å². The molecule has 0 atom stereocenters. The molecule has 20 heavy (non-hydrogen) atoms. The number of anilines is 1. The third-order valence-corrected chi connectivity index (χ3v) is 3.72. The van der Waals surface area contributed by atoms with Crippen molar-refractivity contribution in [3.8, 4) is 22.8 Å². The van der Waals surface area contributed by atoms with Gasteiger partial charge >= 0.3 is 0 Å². The van der Waals surface area contributed by atoms with Gasteiger partial charge < -0.3 is 10.3 Å². The molecule has 0 aliphatic heterocycles. The molecule has 6 heteroatoms. The van der Waals surface area contributed by atoms with E-state index >= 15 is 0 Å². The van der Waals surface area contributed by atoms with Gasteiger partial charge in [0.25, 0.3) is 5.89 Å². The van der Waals surface area contributed by atoms with E-state index in [1.165, 1.54) is 0 Å². The van der Waals surface area contributed by atoms with Crippen molar-refractivity contribution in [3.05, 3.63) is 46.7 Å². The third-order valence-electron chi connectivity index (χ3n) is 2.86. The molecule has 0 aliphatic rings. The quantitative estimate of drug-likeness (QED) is 0.778. The lowest BCUT2D eigenvalue weighted by Gasteiger charge is -1.99. The van der Waals surface area contributed by atoms with Gasteiger partial charge in [-0.25, -0.2) is 0 Å². The topological polar surface area (TPSA) is 77.8 Å². The largest absolute Gasteiger partial charge is 0.397 e. The van der Waals surface area contributed by atoms with Gasteiger partial charge in [-0.1, -0.05) is 33.2 Å². The van der Waals surface area contributed by atoms with Crippen LogP contribution in [0.15, 0.2) is 45.7 Å². The summed E-state index contributed by atoms with van der Waals surface area (Å²) in [6, 6.07) is 7.65. The van der Waals surface area contributed by atoms with Crippen LogP contribution >= 0.6 is 15.9 Å². The molecule has 1 aromatic carbocycles. The Morgan fingerprint density at radius 1 is 1.15 bits per heavy atom. The maximum Gasteiger partial charge on any atom is 0.259 e. The number of nitrogens with zero attached hydrogens (tertiary/aromatic N) is 3. The van der Waals surface area contributed by atoms with E-state index in [0.717, 1.165) is 15.6 Å². The molecule has 0 unspecified atom stereocenters. The van der Waals surface area contributed by atoms with Gasteiger partial charge in [-0.15, -0.1) is 0 Å². The van der Waals surface area contributed by atoms with Crippen LogP contribution in [-0.4, -0.2) is 15.1 Å². The first-order valence-corrected chi connectivity index (χ1v) is 6.74. The molecule has 2 N–H and O–H groups in total. The summed E-state index contributed by atoms with van der Waals surface area (Å²) < 4.78 is 6.26. The van der Waals surface area contributed by atoms with E-state index < -0.39 is 0 Å². The van der Waals surface area contributed by atoms with Crippen LogP contribution in [0.5, 0.6) is 0 Å². The zero-order valence-corrected chi connectivity index (χ0v) is 12.3. The van der Waals surface area contributed by atoms with Crippen molar-refractivity contribution in [2.75, 3.05) is 5.73 Å². The summed E-state index contributed by atoms with van der Waals surface area (Å²) in [6.45, 7) is 2.02. The average molecular weight is 331 g/mol. The first-order chi connectivity index (χ1) is 9.63. The number of nitrogens with two attached hydrogens (primary N) is 1. The molecule has 0 saturated heterocycles. The Balaban J connectivity index is 1.99. The molecule has 0 amide bonds. The Labute approximate surface area is 124 Å². The summed E-state index contributed by atoms with van der Waals surface area (Å²) >= 11 is 3.49. The van der Waals surface area contributed by atoms with E-state index in [2.05, 4.69) is 31.1 Å². The highest BCUT2D eigenvalue weighted by Crippen LogP contribution is 2.26. The summed E-state index contributed by atoms with van der Waals surface area (Å²) in [7, 11) is 0. The van der Waals surface area contributed by atoms with Crippen molar-refractivity contribution >= 4 is 21.6 Å². The van der Waals surface area contributed by atoms with Crippen LogP contribution in [-0.2, 0) is 0 Å². The lowest BCUT2D eigenvalue weighted by molar-refractivity contribution is 0.432. The first kappa shape index (κ1) is 12.8. The number of halogens is 1. The summed E-state index contributed by atoms with van der Waals surface area (Å²) in [5.41, 5.74) is 8.99. The van der Waals surface area contributed by atoms with Crippen molar-refractivity contribution in [1.82, 2.24) is 15.1 Å². The van der Waals surface area contributed by atoms with Gasteiger partial charge in [-0.2, -0.15) is 4.98 Å². The number of hydrogen-bond acceptors (Lipinski definition) is 5. The Kier molecular flexibility index (Phi) is 3.23. The van der Waals surface area contributed by atoms with Gasteiger partial charge in [0.1, 0.15) is 0 Å². The minimum Gasteiger partial charge on any atom is -0.397 e. The predicted octanol–water partition coefficient (Wildman–Crippen LogP) is 3.45. The molecule has 0 aliphatic carbocycles. The van der Waals surface area contributed by atoms with Crippen molar-refractivity contribution < 1.29 is 4.52 Å². The number of hydrogen-bond donors (Lipinski definition) is 1. The number of benzene rings is 1. The molecule has 3 rings (SSSR count). The zero-order chi connectivity index (χ0) is 14.1. The number of rotatable bonds is 2. The van der Waals surface area contributed by atoms with Crippen LogP contribution in [0.2, 0.25) is 0 Å². The van der Waals surface area contributed by atoms with Crippen molar-refractivity contribution in [1.29, 1.82) is 0 Å². The maximum atomic E-state index is 5.69. The highest BCUT2D eigenvalue weighted by Gasteiger charge is 2.11. The zero-order valence-electron chi connectivity index (χ0n) is 10.7. The Morgan fingerprint density at radius 2 is 2.00 bits per heavy atom. The Hall–Kier alpha value is -2.21. The summed E-state index contributed by atoms with van der Waals surface area (Å²) in [5, 5.41) is 3.99. The van der Waals surface area contributed by atoms with Crippen LogP contribution in [0.1, 0.15) is 5.56 Å². The number of pyridine rings is 1. The SMILES string of the molecule is Cc1ccc(-c2noc(-c3cncc(N)c3)n2)cc1Br. The Morgan fingerprint density at radius 3 is 2.75 bits per heavy atom. The fourth-order valence-electron chi connectivity index (χ4n) is 1.76. The summed E-state index contributed by atoms with van der Waals surface area (Å²) in [6.07, 6.45) is 3.20. The van der Waals surface area contributed by atoms with E-state index in [-0.39, 0.29) is 0 Å². The number of aromatic nitrogens is 3. The minimum atomic E-state index is 0.400. The normalized spacial score (nSPS) is 10.7. The second-order valence-electron chi connectivity index (χ2n) is 4.39. The van der Waals surface area contributed by atoms with E-state index in [0.29, 0.717) is 23.0 Å². The van der Waals surface area contributed by atoms with Gasteiger partial charge in [0.2, 0.25) is 5.82 Å². The summed E-state index contributed by atoms with van der Waals surface area (Å²) in [4.78, 5) is 8.38. The van der Waals surface area contributed by atoms with E-state index in [1.807, 2.05) is 25.1 Å². The molecule has 0 bridgehead atoms. The van der Waals surface area contributed by atoms with Crippen LogP contribution in [0, 0.1) is 6.92 Å². The molecule has 3 aromatic rings. The summed E-state index contributed by atoms with van der Waals surface area (Å²) in [5.74, 6) is 0.930. The van der Waals surface area contributed by atoms with Gasteiger partial charge in [-0.3, -0.25) is 4.98 Å².